The quantitative estimate of drug-likeness (QED) is 0.513. The van der Waals surface area contributed by atoms with Gasteiger partial charge in [-0.3, -0.25) is 10.1 Å². The van der Waals surface area contributed by atoms with E-state index in [1.54, 1.807) is 18.3 Å². The van der Waals surface area contributed by atoms with Gasteiger partial charge in [0.25, 0.3) is 5.91 Å². The van der Waals surface area contributed by atoms with Gasteiger partial charge in [-0.05, 0) is 56.7 Å². The molecule has 2 heterocycles. The molecule has 0 spiro atoms. The first kappa shape index (κ1) is 21.0. The molecule has 0 unspecified atom stereocenters. The number of benzene rings is 1. The lowest BCUT2D eigenvalue weighted by Crippen LogP contribution is -2.30. The number of amides is 3. The fourth-order valence-electron chi connectivity index (χ4n) is 3.10. The van der Waals surface area contributed by atoms with Gasteiger partial charge in [-0.2, -0.15) is 0 Å². The van der Waals surface area contributed by atoms with Crippen molar-refractivity contribution in [1.29, 1.82) is 0 Å². The number of carbonyl (C=O) groups excluding carboxylic acids is 2. The van der Waals surface area contributed by atoms with Crippen LogP contribution >= 0.6 is 22.7 Å². The Bertz CT molecular complexity index is 1000. The largest absolute Gasteiger partial charge is 0.337 e. The summed E-state index contributed by atoms with van der Waals surface area (Å²) in [6.45, 7) is 8.28. The Hall–Kier alpha value is -2.71. The Balaban J connectivity index is 1.60. The fourth-order valence-corrected chi connectivity index (χ4v) is 4.67. The lowest BCUT2D eigenvalue weighted by atomic mass is 10.1. The molecule has 0 aliphatic heterocycles. The molecule has 0 bridgehead atoms. The van der Waals surface area contributed by atoms with Crippen LogP contribution in [0.1, 0.15) is 36.9 Å². The fraction of sp³-hybridized carbons (Fsp3) is 0.286. The van der Waals surface area contributed by atoms with Crippen molar-refractivity contribution < 1.29 is 9.59 Å². The number of anilines is 2. The molecular weight excluding hydrogens is 404 g/mol. The average molecular weight is 429 g/mol. The van der Waals surface area contributed by atoms with Crippen molar-refractivity contribution in [1.82, 2.24) is 10.3 Å². The predicted molar refractivity (Wildman–Crippen MR) is 121 cm³/mol. The smallest absolute Gasteiger partial charge is 0.321 e. The highest BCUT2D eigenvalue weighted by Gasteiger charge is 2.18. The van der Waals surface area contributed by atoms with Crippen molar-refractivity contribution in [2.45, 2.75) is 34.1 Å². The van der Waals surface area contributed by atoms with Gasteiger partial charge in [-0.15, -0.1) is 11.3 Å². The maximum atomic E-state index is 12.8. The van der Waals surface area contributed by atoms with Gasteiger partial charge in [0.2, 0.25) is 0 Å². The summed E-state index contributed by atoms with van der Waals surface area (Å²) >= 11 is 2.83. The van der Waals surface area contributed by atoms with Crippen LogP contribution in [0.3, 0.4) is 0 Å². The van der Waals surface area contributed by atoms with Gasteiger partial charge < -0.3 is 10.6 Å². The Kier molecular flexibility index (Phi) is 6.66. The lowest BCUT2D eigenvalue weighted by molar-refractivity contribution is 0.102. The minimum absolute atomic E-state index is 0.221. The third kappa shape index (κ3) is 5.42. The predicted octanol–water partition coefficient (Wildman–Crippen LogP) is 5.05. The zero-order chi connectivity index (χ0) is 21.0. The van der Waals surface area contributed by atoms with E-state index in [4.69, 9.17) is 0 Å². The molecule has 0 saturated carbocycles. The number of thiophene rings is 1. The van der Waals surface area contributed by atoms with Crippen molar-refractivity contribution >= 4 is 45.4 Å². The number of nitrogens with zero attached hydrogens (tertiary/aromatic N) is 1. The van der Waals surface area contributed by atoms with E-state index in [-0.39, 0.29) is 11.9 Å². The summed E-state index contributed by atoms with van der Waals surface area (Å²) in [7, 11) is 0. The number of aromatic nitrogens is 1. The second-order valence-electron chi connectivity index (χ2n) is 6.87. The lowest BCUT2D eigenvalue weighted by Gasteiger charge is -2.12. The molecule has 2 aromatic heterocycles. The Labute approximate surface area is 178 Å². The molecule has 29 heavy (non-hydrogen) atoms. The third-order valence-corrected chi connectivity index (χ3v) is 6.38. The summed E-state index contributed by atoms with van der Waals surface area (Å²) < 4.78 is 0. The molecule has 3 aromatic rings. The summed E-state index contributed by atoms with van der Waals surface area (Å²) in [5, 5.41) is 10.9. The summed E-state index contributed by atoms with van der Waals surface area (Å²) in [6.07, 6.45) is 0.783. The van der Waals surface area contributed by atoms with E-state index in [1.165, 1.54) is 16.2 Å². The number of nitrogens with one attached hydrogen (secondary N) is 3. The maximum absolute atomic E-state index is 12.8. The van der Waals surface area contributed by atoms with E-state index in [0.29, 0.717) is 22.2 Å². The molecule has 0 saturated heterocycles. The average Bonchev–Trinajstić information content (AvgIpc) is 3.27. The van der Waals surface area contributed by atoms with Crippen molar-refractivity contribution in [3.05, 3.63) is 61.8 Å². The van der Waals surface area contributed by atoms with Crippen LogP contribution in [0.5, 0.6) is 0 Å². The van der Waals surface area contributed by atoms with Crippen molar-refractivity contribution in [3.63, 3.8) is 0 Å². The van der Waals surface area contributed by atoms with Crippen molar-refractivity contribution in [2.24, 2.45) is 0 Å². The number of thiazole rings is 1. The number of aryl methyl sites for hydroxylation is 4. The first-order chi connectivity index (χ1) is 13.8. The minimum atomic E-state index is -0.326. The third-order valence-electron chi connectivity index (χ3n) is 4.38. The first-order valence-corrected chi connectivity index (χ1v) is 11.0. The van der Waals surface area contributed by atoms with Crippen LogP contribution in [0.4, 0.5) is 15.6 Å². The number of carbonyl (C=O) groups is 2. The molecule has 1 aromatic carbocycles. The molecule has 0 aliphatic carbocycles. The van der Waals surface area contributed by atoms with Gasteiger partial charge in [0.1, 0.15) is 4.88 Å². The number of hydrogen-bond acceptors (Lipinski definition) is 5. The summed E-state index contributed by atoms with van der Waals surface area (Å²) in [4.78, 5) is 30.9. The zero-order valence-corrected chi connectivity index (χ0v) is 18.5. The van der Waals surface area contributed by atoms with Crippen molar-refractivity contribution in [3.8, 4) is 0 Å². The van der Waals surface area contributed by atoms with Gasteiger partial charge in [0.15, 0.2) is 5.13 Å². The van der Waals surface area contributed by atoms with Gasteiger partial charge in [-0.25, -0.2) is 9.78 Å². The molecule has 3 amide bonds. The van der Waals surface area contributed by atoms with Crippen LogP contribution < -0.4 is 16.0 Å². The van der Waals surface area contributed by atoms with Crippen LogP contribution in [0.2, 0.25) is 0 Å². The molecule has 3 rings (SSSR count). The van der Waals surface area contributed by atoms with Gasteiger partial charge in [0, 0.05) is 17.1 Å². The van der Waals surface area contributed by atoms with Gasteiger partial charge in [-0.1, -0.05) is 35.1 Å². The van der Waals surface area contributed by atoms with E-state index < -0.39 is 0 Å². The Morgan fingerprint density at radius 1 is 1.07 bits per heavy atom. The summed E-state index contributed by atoms with van der Waals surface area (Å²) in [5.74, 6) is -0.221. The van der Waals surface area contributed by atoms with E-state index in [9.17, 15) is 9.59 Å². The molecule has 0 aliphatic rings. The van der Waals surface area contributed by atoms with E-state index >= 15 is 0 Å². The highest BCUT2D eigenvalue weighted by atomic mass is 32.1. The van der Waals surface area contributed by atoms with E-state index in [2.05, 4.69) is 20.9 Å². The molecule has 0 atom stereocenters. The second-order valence-corrected chi connectivity index (χ2v) is 8.90. The molecule has 0 radical (unpaired) electrons. The number of hydrogen-bond donors (Lipinski definition) is 3. The van der Waals surface area contributed by atoms with Crippen LogP contribution in [-0.4, -0.2) is 23.5 Å². The standard InChI is InChI=1S/C21H24N4O2S2/c1-12-10-13(2)17(14(3)11-12)24-19(26)18-15(4)23-21(29-18)25-20(27)22-8-7-16-6-5-9-28-16/h5-6,9-11H,7-8H2,1-4H3,(H,24,26)(H2,22,23,25,27). The SMILES string of the molecule is Cc1cc(C)c(NC(=O)c2sc(NC(=O)NCCc3cccs3)nc2C)c(C)c1. The molecule has 3 N–H and O–H groups in total. The highest BCUT2D eigenvalue weighted by molar-refractivity contribution is 7.17. The molecule has 152 valence electrons. The monoisotopic (exact) mass is 428 g/mol. The molecule has 8 heteroatoms. The van der Waals surface area contributed by atoms with Crippen LogP contribution in [-0.2, 0) is 6.42 Å². The van der Waals surface area contributed by atoms with Crippen LogP contribution in [0.25, 0.3) is 0 Å². The van der Waals surface area contributed by atoms with Gasteiger partial charge >= 0.3 is 6.03 Å². The maximum Gasteiger partial charge on any atom is 0.321 e. The van der Waals surface area contributed by atoms with E-state index in [0.717, 1.165) is 28.8 Å². The number of rotatable bonds is 6. The molecular formula is C21H24N4O2S2. The molecule has 0 fully saturated rings. The number of urea groups is 1. The first-order valence-electron chi connectivity index (χ1n) is 9.27. The van der Waals surface area contributed by atoms with Crippen LogP contribution in [0.15, 0.2) is 29.6 Å². The topological polar surface area (TPSA) is 83.1 Å². The zero-order valence-electron chi connectivity index (χ0n) is 16.9. The summed E-state index contributed by atoms with van der Waals surface area (Å²) in [6, 6.07) is 7.78. The highest BCUT2D eigenvalue weighted by Crippen LogP contribution is 2.26. The Morgan fingerprint density at radius 3 is 2.45 bits per heavy atom. The molecule has 6 nitrogen and oxygen atoms in total. The van der Waals surface area contributed by atoms with Crippen molar-refractivity contribution in [2.75, 3.05) is 17.2 Å². The van der Waals surface area contributed by atoms with Gasteiger partial charge in [0.05, 0.1) is 5.69 Å². The van der Waals surface area contributed by atoms with Crippen LogP contribution in [0, 0.1) is 27.7 Å². The normalized spacial score (nSPS) is 10.6. The second kappa shape index (κ2) is 9.19. The van der Waals surface area contributed by atoms with E-state index in [1.807, 2.05) is 50.4 Å². The minimum Gasteiger partial charge on any atom is -0.337 e. The Morgan fingerprint density at radius 2 is 1.79 bits per heavy atom. The summed E-state index contributed by atoms with van der Waals surface area (Å²) in [5.41, 5.74) is 4.59.